The van der Waals surface area contributed by atoms with Crippen molar-refractivity contribution in [2.45, 2.75) is 32.1 Å². The summed E-state index contributed by atoms with van der Waals surface area (Å²) in [5, 5.41) is 48.1. The van der Waals surface area contributed by atoms with Gasteiger partial charge in [0.1, 0.15) is 11.5 Å². The number of hydrogen-bond acceptors (Lipinski definition) is 6. The number of para-hydroxylation sites is 2. The van der Waals surface area contributed by atoms with E-state index in [-0.39, 0.29) is 30.4 Å². The summed E-state index contributed by atoms with van der Waals surface area (Å²) < 4.78 is 0. The smallest absolute Gasteiger partial charge is 0.151 e. The van der Waals surface area contributed by atoms with E-state index in [0.717, 1.165) is 11.1 Å². The van der Waals surface area contributed by atoms with Gasteiger partial charge in [-0.25, -0.2) is 0 Å². The lowest BCUT2D eigenvalue weighted by atomic mass is 9.92. The summed E-state index contributed by atoms with van der Waals surface area (Å²) in [6.07, 6.45) is -0.00373. The Labute approximate surface area is 160 Å². The van der Waals surface area contributed by atoms with Crippen molar-refractivity contribution in [3.8, 4) is 11.5 Å². The monoisotopic (exact) mass is 375 g/mol. The van der Waals surface area contributed by atoms with Gasteiger partial charge in [-0.1, -0.05) is 36.4 Å². The van der Waals surface area contributed by atoms with Crippen molar-refractivity contribution >= 4 is 0 Å². The third kappa shape index (κ3) is 7.19. The van der Waals surface area contributed by atoms with E-state index in [4.69, 9.17) is 0 Å². The maximum absolute atomic E-state index is 9.98. The molecule has 0 fully saturated rings. The first-order valence-corrected chi connectivity index (χ1v) is 9.22. The van der Waals surface area contributed by atoms with Crippen molar-refractivity contribution in [3.63, 3.8) is 0 Å². The molecule has 0 saturated heterocycles. The lowest BCUT2D eigenvalue weighted by molar-refractivity contribution is -0.0572. The van der Waals surface area contributed by atoms with Crippen LogP contribution in [0.5, 0.6) is 11.5 Å². The number of phenolic OH excluding ortho intramolecular Hbond substituents is 2. The summed E-state index contributed by atoms with van der Waals surface area (Å²) >= 11 is 0. The Kier molecular flexibility index (Phi) is 8.54. The molecule has 2 aromatic rings. The van der Waals surface area contributed by atoms with Crippen molar-refractivity contribution in [1.82, 2.24) is 4.90 Å². The lowest BCUT2D eigenvalue weighted by Crippen LogP contribution is -2.30. The highest BCUT2D eigenvalue weighted by Gasteiger charge is 2.18. The van der Waals surface area contributed by atoms with Crippen molar-refractivity contribution in [2.24, 2.45) is 5.92 Å². The molecule has 148 valence electrons. The fourth-order valence-electron chi connectivity index (χ4n) is 3.26. The summed E-state index contributed by atoms with van der Waals surface area (Å²) in [4.78, 5) is 2.02. The number of nitrogens with zero attached hydrogens (tertiary/aromatic N) is 1. The van der Waals surface area contributed by atoms with Gasteiger partial charge in [0.15, 0.2) is 6.29 Å². The minimum absolute atomic E-state index is 0.000358. The Morgan fingerprint density at radius 3 is 1.96 bits per heavy atom. The van der Waals surface area contributed by atoms with Crippen molar-refractivity contribution < 1.29 is 25.5 Å². The molecule has 27 heavy (non-hydrogen) atoms. The fourth-order valence-corrected chi connectivity index (χ4v) is 3.26. The summed E-state index contributed by atoms with van der Waals surface area (Å²) in [6, 6.07) is 14.2. The zero-order valence-electron chi connectivity index (χ0n) is 15.4. The number of phenols is 2. The van der Waals surface area contributed by atoms with Gasteiger partial charge in [0, 0.05) is 25.1 Å². The maximum atomic E-state index is 9.98. The van der Waals surface area contributed by atoms with Crippen LogP contribution in [0.25, 0.3) is 0 Å². The maximum Gasteiger partial charge on any atom is 0.151 e. The van der Waals surface area contributed by atoms with Crippen LogP contribution >= 0.6 is 0 Å². The van der Waals surface area contributed by atoms with Crippen LogP contribution in [-0.2, 0) is 13.0 Å². The van der Waals surface area contributed by atoms with E-state index in [0.29, 0.717) is 32.5 Å². The second-order valence-electron chi connectivity index (χ2n) is 6.83. The third-order valence-electron chi connectivity index (χ3n) is 4.70. The minimum Gasteiger partial charge on any atom is -0.508 e. The zero-order valence-corrected chi connectivity index (χ0v) is 15.4. The highest BCUT2D eigenvalue weighted by molar-refractivity contribution is 5.32. The quantitative estimate of drug-likeness (QED) is 0.384. The van der Waals surface area contributed by atoms with E-state index in [2.05, 4.69) is 0 Å². The molecular weight excluding hydrogens is 346 g/mol. The first-order valence-electron chi connectivity index (χ1n) is 9.22. The van der Waals surface area contributed by atoms with Crippen molar-refractivity contribution in [2.75, 3.05) is 19.7 Å². The Morgan fingerprint density at radius 2 is 1.41 bits per heavy atom. The zero-order chi connectivity index (χ0) is 19.6. The molecule has 0 aromatic heterocycles. The highest BCUT2D eigenvalue weighted by Crippen LogP contribution is 2.25. The molecule has 1 atom stereocenters. The normalized spacial score (nSPS) is 12.6. The van der Waals surface area contributed by atoms with Gasteiger partial charge in [0.05, 0.1) is 6.61 Å². The molecule has 0 amide bonds. The van der Waals surface area contributed by atoms with Crippen LogP contribution in [0, 0.1) is 5.92 Å². The number of benzene rings is 2. The summed E-state index contributed by atoms with van der Waals surface area (Å²) in [5.41, 5.74) is 1.56. The van der Waals surface area contributed by atoms with E-state index in [1.165, 1.54) is 0 Å². The first kappa shape index (κ1) is 21.2. The van der Waals surface area contributed by atoms with Crippen LogP contribution in [0.4, 0.5) is 0 Å². The van der Waals surface area contributed by atoms with Gasteiger partial charge in [0.2, 0.25) is 0 Å². The molecule has 0 aliphatic heterocycles. The highest BCUT2D eigenvalue weighted by atomic mass is 16.5. The van der Waals surface area contributed by atoms with E-state index >= 15 is 0 Å². The minimum atomic E-state index is -1.41. The predicted octanol–water partition coefficient (Wildman–Crippen LogP) is 1.84. The molecule has 0 bridgehead atoms. The topological polar surface area (TPSA) is 104 Å². The van der Waals surface area contributed by atoms with Crippen LogP contribution in [0.1, 0.15) is 24.0 Å². The summed E-state index contributed by atoms with van der Waals surface area (Å²) in [7, 11) is 0. The Morgan fingerprint density at radius 1 is 0.815 bits per heavy atom. The summed E-state index contributed by atoms with van der Waals surface area (Å²) in [5.74, 6) is 0.386. The lowest BCUT2D eigenvalue weighted by Gasteiger charge is -2.25. The molecule has 6 nitrogen and oxygen atoms in total. The summed E-state index contributed by atoms with van der Waals surface area (Å²) in [6.45, 7) is 1.58. The molecule has 5 N–H and O–H groups in total. The molecule has 0 radical (unpaired) electrons. The van der Waals surface area contributed by atoms with Crippen LogP contribution < -0.4 is 0 Å². The second-order valence-corrected chi connectivity index (χ2v) is 6.83. The Balaban J connectivity index is 2.01. The molecule has 6 heteroatoms. The number of rotatable bonds is 11. The van der Waals surface area contributed by atoms with Crippen LogP contribution in [0.2, 0.25) is 0 Å². The molecule has 0 aliphatic carbocycles. The van der Waals surface area contributed by atoms with Crippen LogP contribution in [0.15, 0.2) is 48.5 Å². The van der Waals surface area contributed by atoms with Crippen molar-refractivity contribution in [1.29, 1.82) is 0 Å². The number of aliphatic hydroxyl groups excluding tert-OH is 2. The largest absolute Gasteiger partial charge is 0.508 e. The molecule has 0 aliphatic rings. The Hall–Kier alpha value is -2.12. The SMILES string of the molecule is OCCN(CCC(Cc1ccccc1O)CC(O)O)Cc1ccccc1O. The van der Waals surface area contributed by atoms with E-state index < -0.39 is 6.29 Å². The number of aliphatic hydroxyl groups is 3. The molecular formula is C21H29NO5. The van der Waals surface area contributed by atoms with Crippen LogP contribution in [-0.4, -0.2) is 56.4 Å². The number of hydrogen-bond donors (Lipinski definition) is 5. The van der Waals surface area contributed by atoms with Gasteiger partial charge < -0.3 is 25.5 Å². The van der Waals surface area contributed by atoms with Gasteiger partial charge in [-0.05, 0) is 43.0 Å². The third-order valence-corrected chi connectivity index (χ3v) is 4.70. The van der Waals surface area contributed by atoms with E-state index in [1.54, 1.807) is 24.3 Å². The van der Waals surface area contributed by atoms with Gasteiger partial charge in [0.25, 0.3) is 0 Å². The first-order chi connectivity index (χ1) is 13.0. The fraction of sp³-hybridized carbons (Fsp3) is 0.429. The van der Waals surface area contributed by atoms with Crippen molar-refractivity contribution in [3.05, 3.63) is 59.7 Å². The molecule has 2 aromatic carbocycles. The van der Waals surface area contributed by atoms with E-state index in [9.17, 15) is 25.5 Å². The average molecular weight is 375 g/mol. The molecule has 2 rings (SSSR count). The average Bonchev–Trinajstić information content (AvgIpc) is 2.63. The molecule has 0 spiro atoms. The van der Waals surface area contributed by atoms with Gasteiger partial charge >= 0.3 is 0 Å². The van der Waals surface area contributed by atoms with Crippen LogP contribution in [0.3, 0.4) is 0 Å². The number of aromatic hydroxyl groups is 2. The molecule has 0 saturated carbocycles. The molecule has 0 heterocycles. The van der Waals surface area contributed by atoms with Gasteiger partial charge in [-0.3, -0.25) is 4.90 Å². The van der Waals surface area contributed by atoms with Gasteiger partial charge in [-0.2, -0.15) is 0 Å². The van der Waals surface area contributed by atoms with E-state index in [1.807, 2.05) is 29.2 Å². The molecule has 1 unspecified atom stereocenters. The Bertz CT molecular complexity index is 692. The second kappa shape index (κ2) is 10.9. The van der Waals surface area contributed by atoms with Gasteiger partial charge in [-0.15, -0.1) is 0 Å². The standard InChI is InChI=1S/C21H29NO5/c23-12-11-22(15-18-6-2-4-8-20(18)25)10-9-16(14-21(26)27)13-17-5-1-3-7-19(17)24/h1-8,16,21,23-27H,9-15H2. The predicted molar refractivity (Wildman–Crippen MR) is 103 cm³/mol.